The first-order valence-corrected chi connectivity index (χ1v) is 5.45. The van der Waals surface area contributed by atoms with Gasteiger partial charge in [-0.25, -0.2) is 4.79 Å². The van der Waals surface area contributed by atoms with Crippen molar-refractivity contribution in [2.45, 2.75) is 45.6 Å². The molecule has 0 radical (unpaired) electrons. The first-order valence-electron chi connectivity index (χ1n) is 5.45. The van der Waals surface area contributed by atoms with E-state index < -0.39 is 5.97 Å². The van der Waals surface area contributed by atoms with E-state index in [0.29, 0.717) is 25.9 Å². The molecule has 0 aliphatic rings. The zero-order valence-corrected chi connectivity index (χ0v) is 10.3. The second-order valence-electron chi connectivity index (χ2n) is 4.63. The Hall–Kier alpha value is -1.32. The molecule has 4 nitrogen and oxygen atoms in total. The lowest BCUT2D eigenvalue weighted by molar-refractivity contribution is -0.137. The summed E-state index contributed by atoms with van der Waals surface area (Å²) in [6, 6.07) is 0. The van der Waals surface area contributed by atoms with Gasteiger partial charge in [-0.2, -0.15) is 0 Å². The van der Waals surface area contributed by atoms with Crippen molar-refractivity contribution in [3.63, 3.8) is 0 Å². The fourth-order valence-electron chi connectivity index (χ4n) is 1.10. The van der Waals surface area contributed by atoms with Crippen molar-refractivity contribution in [3.05, 3.63) is 12.7 Å². The van der Waals surface area contributed by atoms with Gasteiger partial charge in [-0.15, -0.1) is 0 Å². The highest BCUT2D eigenvalue weighted by Crippen LogP contribution is 2.02. The van der Waals surface area contributed by atoms with E-state index in [9.17, 15) is 9.59 Å². The molecule has 92 valence electrons. The zero-order valence-electron chi connectivity index (χ0n) is 10.3. The maximum absolute atomic E-state index is 11.4. The molecule has 1 amide bonds. The Morgan fingerprint density at radius 2 is 1.94 bits per heavy atom. The summed E-state index contributed by atoms with van der Waals surface area (Å²) < 4.78 is 4.79. The Labute approximate surface area is 97.1 Å². The summed E-state index contributed by atoms with van der Waals surface area (Å²) >= 11 is 0. The van der Waals surface area contributed by atoms with Gasteiger partial charge in [-0.3, -0.25) is 4.79 Å². The van der Waals surface area contributed by atoms with Crippen molar-refractivity contribution in [3.8, 4) is 0 Å². The van der Waals surface area contributed by atoms with E-state index in [1.54, 1.807) is 0 Å². The predicted octanol–water partition coefficient (Wildman–Crippen LogP) is 1.80. The van der Waals surface area contributed by atoms with E-state index in [4.69, 9.17) is 4.74 Å². The number of hydrogen-bond donors (Lipinski definition) is 1. The second kappa shape index (κ2) is 7.04. The van der Waals surface area contributed by atoms with Gasteiger partial charge in [0, 0.05) is 18.0 Å². The highest BCUT2D eigenvalue weighted by molar-refractivity contribution is 5.81. The topological polar surface area (TPSA) is 55.4 Å². The van der Waals surface area contributed by atoms with Crippen molar-refractivity contribution < 1.29 is 14.3 Å². The third-order valence-corrected chi connectivity index (χ3v) is 1.72. The molecular formula is C12H21NO3. The van der Waals surface area contributed by atoms with Gasteiger partial charge in [0.25, 0.3) is 0 Å². The number of esters is 1. The molecule has 0 rings (SSSR count). The summed E-state index contributed by atoms with van der Waals surface area (Å²) in [5, 5.41) is 2.87. The van der Waals surface area contributed by atoms with E-state index in [-0.39, 0.29) is 11.4 Å². The van der Waals surface area contributed by atoms with Crippen LogP contribution in [0.2, 0.25) is 0 Å². The van der Waals surface area contributed by atoms with Crippen LogP contribution in [0.4, 0.5) is 0 Å². The summed E-state index contributed by atoms with van der Waals surface area (Å²) in [7, 11) is 0. The molecule has 0 fully saturated rings. The Bertz CT molecular complexity index is 253. The standard InChI is InChI=1S/C12H21NO3/c1-5-11(15)16-9-7-6-8-10(14)13-12(2,3)4/h5H,1,6-9H2,2-4H3,(H,13,14). The maximum Gasteiger partial charge on any atom is 0.330 e. The summed E-state index contributed by atoms with van der Waals surface area (Å²) in [4.78, 5) is 22.1. The number of unbranched alkanes of at least 4 members (excludes halogenated alkanes) is 1. The quantitative estimate of drug-likeness (QED) is 0.427. The van der Waals surface area contributed by atoms with E-state index in [2.05, 4.69) is 11.9 Å². The van der Waals surface area contributed by atoms with Crippen molar-refractivity contribution in [2.75, 3.05) is 6.61 Å². The minimum atomic E-state index is -0.417. The minimum Gasteiger partial charge on any atom is -0.463 e. The monoisotopic (exact) mass is 227 g/mol. The van der Waals surface area contributed by atoms with E-state index >= 15 is 0 Å². The molecule has 0 spiro atoms. The number of ether oxygens (including phenoxy) is 1. The van der Waals surface area contributed by atoms with Crippen LogP contribution in [0.15, 0.2) is 12.7 Å². The molecule has 0 bridgehead atoms. The fraction of sp³-hybridized carbons (Fsp3) is 0.667. The molecule has 0 aromatic heterocycles. The van der Waals surface area contributed by atoms with E-state index in [1.807, 2.05) is 20.8 Å². The molecule has 0 aliphatic heterocycles. The van der Waals surface area contributed by atoms with Crippen LogP contribution >= 0.6 is 0 Å². The fourth-order valence-corrected chi connectivity index (χ4v) is 1.10. The largest absolute Gasteiger partial charge is 0.463 e. The van der Waals surface area contributed by atoms with Crippen LogP contribution in [0.5, 0.6) is 0 Å². The van der Waals surface area contributed by atoms with Crippen molar-refractivity contribution in [2.24, 2.45) is 0 Å². The lowest BCUT2D eigenvalue weighted by atomic mass is 10.1. The number of rotatable bonds is 6. The maximum atomic E-state index is 11.4. The van der Waals surface area contributed by atoms with Gasteiger partial charge in [0.05, 0.1) is 6.61 Å². The highest BCUT2D eigenvalue weighted by Gasteiger charge is 2.12. The van der Waals surface area contributed by atoms with E-state index in [1.165, 1.54) is 0 Å². The molecule has 4 heteroatoms. The molecular weight excluding hydrogens is 206 g/mol. The van der Waals surface area contributed by atoms with Crippen LogP contribution in [0.3, 0.4) is 0 Å². The van der Waals surface area contributed by atoms with Crippen LogP contribution in [0, 0.1) is 0 Å². The van der Waals surface area contributed by atoms with Crippen LogP contribution in [0.1, 0.15) is 40.0 Å². The number of amides is 1. The lowest BCUT2D eigenvalue weighted by Gasteiger charge is -2.20. The summed E-state index contributed by atoms with van der Waals surface area (Å²) in [6.07, 6.45) is 3.00. The molecule has 0 atom stereocenters. The Balaban J connectivity index is 3.49. The third kappa shape index (κ3) is 9.24. The number of carbonyl (C=O) groups excluding carboxylic acids is 2. The minimum absolute atomic E-state index is 0.0301. The van der Waals surface area contributed by atoms with Gasteiger partial charge in [0.2, 0.25) is 5.91 Å². The third-order valence-electron chi connectivity index (χ3n) is 1.72. The van der Waals surface area contributed by atoms with Gasteiger partial charge in [0.1, 0.15) is 0 Å². The summed E-state index contributed by atoms with van der Waals surface area (Å²) in [5.41, 5.74) is -0.188. The molecule has 0 saturated heterocycles. The molecule has 0 unspecified atom stereocenters. The van der Waals surface area contributed by atoms with Crippen molar-refractivity contribution >= 4 is 11.9 Å². The van der Waals surface area contributed by atoms with Gasteiger partial charge < -0.3 is 10.1 Å². The van der Waals surface area contributed by atoms with Crippen LogP contribution < -0.4 is 5.32 Å². The normalized spacial score (nSPS) is 10.7. The average molecular weight is 227 g/mol. The molecule has 0 aromatic carbocycles. The van der Waals surface area contributed by atoms with Gasteiger partial charge >= 0.3 is 5.97 Å². The molecule has 0 aromatic rings. The van der Waals surface area contributed by atoms with E-state index in [0.717, 1.165) is 6.08 Å². The molecule has 0 heterocycles. The number of hydrogen-bond acceptors (Lipinski definition) is 3. The van der Waals surface area contributed by atoms with Gasteiger partial charge in [-0.1, -0.05) is 6.58 Å². The molecule has 16 heavy (non-hydrogen) atoms. The average Bonchev–Trinajstić information content (AvgIpc) is 2.14. The Morgan fingerprint density at radius 3 is 2.44 bits per heavy atom. The van der Waals surface area contributed by atoms with Crippen LogP contribution in [-0.2, 0) is 14.3 Å². The molecule has 0 saturated carbocycles. The summed E-state index contributed by atoms with van der Waals surface area (Å²) in [6.45, 7) is 9.45. The van der Waals surface area contributed by atoms with Crippen LogP contribution in [-0.4, -0.2) is 24.0 Å². The molecule has 0 aliphatic carbocycles. The smallest absolute Gasteiger partial charge is 0.330 e. The number of carbonyl (C=O) groups is 2. The Morgan fingerprint density at radius 1 is 1.31 bits per heavy atom. The Kier molecular flexibility index (Phi) is 6.46. The van der Waals surface area contributed by atoms with Gasteiger partial charge in [0.15, 0.2) is 0 Å². The first kappa shape index (κ1) is 14.7. The SMILES string of the molecule is C=CC(=O)OCCCCC(=O)NC(C)(C)C. The predicted molar refractivity (Wildman–Crippen MR) is 62.9 cm³/mol. The lowest BCUT2D eigenvalue weighted by Crippen LogP contribution is -2.40. The van der Waals surface area contributed by atoms with Crippen LogP contribution in [0.25, 0.3) is 0 Å². The van der Waals surface area contributed by atoms with Crippen molar-refractivity contribution in [1.82, 2.24) is 5.32 Å². The summed E-state index contributed by atoms with van der Waals surface area (Å²) in [5.74, 6) is -0.387. The number of nitrogens with one attached hydrogen (secondary N) is 1. The first-order chi connectivity index (χ1) is 7.35. The zero-order chi connectivity index (χ0) is 12.6. The van der Waals surface area contributed by atoms with Crippen molar-refractivity contribution in [1.29, 1.82) is 0 Å². The van der Waals surface area contributed by atoms with Gasteiger partial charge in [-0.05, 0) is 33.6 Å². The highest BCUT2D eigenvalue weighted by atomic mass is 16.5. The second-order valence-corrected chi connectivity index (χ2v) is 4.63. The molecule has 1 N–H and O–H groups in total.